The predicted octanol–water partition coefficient (Wildman–Crippen LogP) is 2.01. The summed E-state index contributed by atoms with van der Waals surface area (Å²) in [6.07, 6.45) is 3.15. The van der Waals surface area contributed by atoms with E-state index in [-0.39, 0.29) is 11.8 Å². The fraction of sp³-hybridized carbons (Fsp3) is 0.462. The van der Waals surface area contributed by atoms with Gasteiger partial charge in [0.25, 0.3) is 0 Å². The minimum Gasteiger partial charge on any atom is -0.481 e. The van der Waals surface area contributed by atoms with Gasteiger partial charge in [0.1, 0.15) is 17.6 Å². The van der Waals surface area contributed by atoms with Crippen molar-refractivity contribution in [2.45, 2.75) is 25.7 Å². The van der Waals surface area contributed by atoms with E-state index in [2.05, 4.69) is 10.3 Å². The van der Waals surface area contributed by atoms with E-state index in [4.69, 9.17) is 10.4 Å². The summed E-state index contributed by atoms with van der Waals surface area (Å²) in [4.78, 5) is 14.9. The Morgan fingerprint density at radius 1 is 1.56 bits per heavy atom. The molecular formula is C13H15N3O2. The standard InChI is InChI=1S/C13H15N3O2/c14-8-10-3-1-4-11(16-10)15-9-13(5-2-6-13)7-12(17)18/h1,3-4H,2,5-7,9H2,(H,15,16)(H,17,18). The Balaban J connectivity index is 1.97. The van der Waals surface area contributed by atoms with Crippen molar-refractivity contribution in [3.63, 3.8) is 0 Å². The van der Waals surface area contributed by atoms with Crippen LogP contribution < -0.4 is 5.32 Å². The third kappa shape index (κ3) is 2.77. The fourth-order valence-corrected chi connectivity index (χ4v) is 2.29. The summed E-state index contributed by atoms with van der Waals surface area (Å²) in [5.41, 5.74) is 0.219. The molecule has 0 unspecified atom stereocenters. The molecule has 0 spiro atoms. The Bertz CT molecular complexity index is 489. The van der Waals surface area contributed by atoms with Gasteiger partial charge in [-0.25, -0.2) is 4.98 Å². The van der Waals surface area contributed by atoms with Crippen molar-refractivity contribution < 1.29 is 9.90 Å². The molecule has 2 N–H and O–H groups in total. The lowest BCUT2D eigenvalue weighted by molar-refractivity contribution is -0.141. The Morgan fingerprint density at radius 2 is 2.33 bits per heavy atom. The quantitative estimate of drug-likeness (QED) is 0.828. The van der Waals surface area contributed by atoms with Gasteiger partial charge in [0.05, 0.1) is 6.42 Å². The molecule has 18 heavy (non-hydrogen) atoms. The lowest BCUT2D eigenvalue weighted by Crippen LogP contribution is -2.38. The maximum absolute atomic E-state index is 10.8. The normalized spacial score (nSPS) is 16.4. The third-order valence-corrected chi connectivity index (χ3v) is 3.45. The Morgan fingerprint density at radius 3 is 2.89 bits per heavy atom. The third-order valence-electron chi connectivity index (χ3n) is 3.45. The molecule has 0 saturated heterocycles. The van der Waals surface area contributed by atoms with Gasteiger partial charge in [0, 0.05) is 6.54 Å². The van der Waals surface area contributed by atoms with Crippen LogP contribution in [0.1, 0.15) is 31.4 Å². The number of rotatable bonds is 5. The summed E-state index contributed by atoms with van der Waals surface area (Å²) in [6.45, 7) is 0.598. The average molecular weight is 245 g/mol. The Hall–Kier alpha value is -2.09. The van der Waals surface area contributed by atoms with E-state index < -0.39 is 5.97 Å². The number of pyridine rings is 1. The van der Waals surface area contributed by atoms with E-state index in [0.29, 0.717) is 18.1 Å². The van der Waals surface area contributed by atoms with Crippen molar-refractivity contribution in [3.8, 4) is 6.07 Å². The monoisotopic (exact) mass is 245 g/mol. The molecule has 5 nitrogen and oxygen atoms in total. The molecule has 94 valence electrons. The van der Waals surface area contributed by atoms with Crippen LogP contribution in [0.3, 0.4) is 0 Å². The van der Waals surface area contributed by atoms with Crippen LogP contribution in [0.4, 0.5) is 5.82 Å². The summed E-state index contributed by atoms with van der Waals surface area (Å²) in [5, 5.41) is 20.8. The van der Waals surface area contributed by atoms with Gasteiger partial charge in [-0.05, 0) is 30.4 Å². The first kappa shape index (κ1) is 12.4. The van der Waals surface area contributed by atoms with Crippen molar-refractivity contribution in [1.82, 2.24) is 4.98 Å². The second-order valence-electron chi connectivity index (χ2n) is 4.80. The van der Waals surface area contributed by atoms with E-state index >= 15 is 0 Å². The fourth-order valence-electron chi connectivity index (χ4n) is 2.29. The predicted molar refractivity (Wildman–Crippen MR) is 66.0 cm³/mol. The maximum atomic E-state index is 10.8. The molecule has 1 aromatic rings. The first-order valence-corrected chi connectivity index (χ1v) is 5.96. The van der Waals surface area contributed by atoms with Gasteiger partial charge >= 0.3 is 5.97 Å². The van der Waals surface area contributed by atoms with E-state index in [1.165, 1.54) is 0 Å². The minimum absolute atomic E-state index is 0.143. The van der Waals surface area contributed by atoms with E-state index in [0.717, 1.165) is 19.3 Å². The highest BCUT2D eigenvalue weighted by atomic mass is 16.4. The highest BCUT2D eigenvalue weighted by Gasteiger charge is 2.38. The number of carboxylic acids is 1. The highest BCUT2D eigenvalue weighted by Crippen LogP contribution is 2.43. The number of carboxylic acid groups (broad SMARTS) is 1. The first-order valence-electron chi connectivity index (χ1n) is 5.96. The number of hydrogen-bond donors (Lipinski definition) is 2. The molecule has 0 amide bonds. The number of carbonyl (C=O) groups is 1. The van der Waals surface area contributed by atoms with Crippen LogP contribution in [-0.4, -0.2) is 22.6 Å². The lowest BCUT2D eigenvalue weighted by Gasteiger charge is -2.41. The number of nitrogens with one attached hydrogen (secondary N) is 1. The second kappa shape index (κ2) is 5.05. The number of nitriles is 1. The maximum Gasteiger partial charge on any atom is 0.303 e. The summed E-state index contributed by atoms with van der Waals surface area (Å²) >= 11 is 0. The summed E-state index contributed by atoms with van der Waals surface area (Å²) in [7, 11) is 0. The lowest BCUT2D eigenvalue weighted by atomic mass is 9.66. The molecule has 1 aliphatic rings. The first-order chi connectivity index (χ1) is 8.63. The molecule has 0 atom stereocenters. The number of hydrogen-bond acceptors (Lipinski definition) is 4. The zero-order chi connectivity index (χ0) is 13.0. The largest absolute Gasteiger partial charge is 0.481 e. The van der Waals surface area contributed by atoms with E-state index in [1.54, 1.807) is 18.2 Å². The molecule has 5 heteroatoms. The van der Waals surface area contributed by atoms with Gasteiger partial charge in [0.2, 0.25) is 0 Å². The SMILES string of the molecule is N#Cc1cccc(NCC2(CC(=O)O)CCC2)n1. The van der Waals surface area contributed by atoms with Gasteiger partial charge in [-0.1, -0.05) is 12.5 Å². The number of aliphatic carboxylic acids is 1. The number of anilines is 1. The van der Waals surface area contributed by atoms with Crippen molar-refractivity contribution >= 4 is 11.8 Å². The Kier molecular flexibility index (Phi) is 3.47. The molecule has 2 rings (SSSR count). The molecule has 0 aliphatic heterocycles. The van der Waals surface area contributed by atoms with Gasteiger partial charge in [0.15, 0.2) is 0 Å². The zero-order valence-corrected chi connectivity index (χ0v) is 10.0. The molecule has 0 radical (unpaired) electrons. The molecular weight excluding hydrogens is 230 g/mol. The second-order valence-corrected chi connectivity index (χ2v) is 4.80. The van der Waals surface area contributed by atoms with Crippen LogP contribution in [0, 0.1) is 16.7 Å². The summed E-state index contributed by atoms with van der Waals surface area (Å²) in [5.74, 6) is -0.124. The van der Waals surface area contributed by atoms with Gasteiger partial charge in [-0.2, -0.15) is 5.26 Å². The zero-order valence-electron chi connectivity index (χ0n) is 10.0. The van der Waals surface area contributed by atoms with Crippen LogP contribution >= 0.6 is 0 Å². The minimum atomic E-state index is -0.754. The molecule has 0 bridgehead atoms. The molecule has 1 fully saturated rings. The van der Waals surface area contributed by atoms with Crippen LogP contribution in [0.25, 0.3) is 0 Å². The highest BCUT2D eigenvalue weighted by molar-refractivity contribution is 5.68. The van der Waals surface area contributed by atoms with Crippen molar-refractivity contribution in [2.75, 3.05) is 11.9 Å². The van der Waals surface area contributed by atoms with Crippen LogP contribution in [0.2, 0.25) is 0 Å². The summed E-state index contributed by atoms with van der Waals surface area (Å²) < 4.78 is 0. The van der Waals surface area contributed by atoms with Crippen molar-refractivity contribution in [2.24, 2.45) is 5.41 Å². The Labute approximate surface area is 105 Å². The summed E-state index contributed by atoms with van der Waals surface area (Å²) in [6, 6.07) is 7.17. The van der Waals surface area contributed by atoms with Crippen LogP contribution in [0.15, 0.2) is 18.2 Å². The number of nitrogens with zero attached hydrogens (tertiary/aromatic N) is 2. The molecule has 0 aromatic carbocycles. The van der Waals surface area contributed by atoms with Crippen LogP contribution in [-0.2, 0) is 4.79 Å². The smallest absolute Gasteiger partial charge is 0.303 e. The molecule has 1 aliphatic carbocycles. The average Bonchev–Trinajstić information content (AvgIpc) is 2.32. The van der Waals surface area contributed by atoms with Crippen molar-refractivity contribution in [1.29, 1.82) is 5.26 Å². The van der Waals surface area contributed by atoms with Gasteiger partial charge in [-0.15, -0.1) is 0 Å². The topological polar surface area (TPSA) is 86.0 Å². The van der Waals surface area contributed by atoms with Crippen molar-refractivity contribution in [3.05, 3.63) is 23.9 Å². The molecule has 1 heterocycles. The van der Waals surface area contributed by atoms with E-state index in [1.807, 2.05) is 6.07 Å². The van der Waals surface area contributed by atoms with Crippen LogP contribution in [0.5, 0.6) is 0 Å². The van der Waals surface area contributed by atoms with E-state index in [9.17, 15) is 4.79 Å². The van der Waals surface area contributed by atoms with Gasteiger partial charge in [-0.3, -0.25) is 4.79 Å². The number of aromatic nitrogens is 1. The van der Waals surface area contributed by atoms with Gasteiger partial charge < -0.3 is 10.4 Å². The molecule has 1 saturated carbocycles. The molecule has 1 aromatic heterocycles.